The molecule has 0 aliphatic heterocycles. The summed E-state index contributed by atoms with van der Waals surface area (Å²) in [6, 6.07) is 46.0. The van der Waals surface area contributed by atoms with Crippen molar-refractivity contribution in [1.82, 2.24) is 4.98 Å². The van der Waals surface area contributed by atoms with Crippen LogP contribution in [0.1, 0.15) is 22.5 Å². The second-order valence-electron chi connectivity index (χ2n) is 8.94. The van der Waals surface area contributed by atoms with E-state index in [4.69, 9.17) is 4.98 Å². The van der Waals surface area contributed by atoms with Crippen LogP contribution in [0.2, 0.25) is 0 Å². The first-order chi connectivity index (χ1) is 18.1. The molecule has 0 N–H and O–H groups in total. The van der Waals surface area contributed by atoms with Crippen molar-refractivity contribution in [2.75, 3.05) is 6.16 Å². The Labute approximate surface area is 219 Å². The third-order valence-electron chi connectivity index (χ3n) is 6.33. The Kier molecular flexibility index (Phi) is 7.43. The van der Waals surface area contributed by atoms with Gasteiger partial charge in [-0.1, -0.05) is 127 Å². The maximum Gasteiger partial charge on any atom is 0.148 e. The molecule has 0 spiro atoms. The van der Waals surface area contributed by atoms with Crippen LogP contribution in [0, 0.1) is 6.92 Å². The summed E-state index contributed by atoms with van der Waals surface area (Å²) >= 11 is 0. The molecule has 0 unspecified atom stereocenters. The van der Waals surface area contributed by atoms with Gasteiger partial charge in [-0.3, -0.25) is 4.98 Å². The van der Waals surface area contributed by atoms with Crippen molar-refractivity contribution in [3.05, 3.63) is 168 Å². The molecule has 5 aromatic rings. The summed E-state index contributed by atoms with van der Waals surface area (Å²) in [5, 5.41) is 1.68. The molecule has 5 rings (SSSR count). The van der Waals surface area contributed by atoms with Gasteiger partial charge in [0.2, 0.25) is 0 Å². The Balaban J connectivity index is 1.80. The van der Waals surface area contributed by atoms with Crippen molar-refractivity contribution < 1.29 is 4.57 Å². The van der Waals surface area contributed by atoms with E-state index in [1.807, 2.05) is 122 Å². The first-order valence-corrected chi connectivity index (χ1v) is 14.3. The molecule has 1 heterocycles. The number of hydrogen-bond donors (Lipinski definition) is 0. The van der Waals surface area contributed by atoms with E-state index in [9.17, 15) is 0 Å². The molecular formula is C34H28NOP. The fraction of sp³-hybridized carbons (Fsp3) is 0.0588. The maximum absolute atomic E-state index is 15.0. The van der Waals surface area contributed by atoms with Crippen LogP contribution in [-0.4, -0.2) is 11.1 Å². The van der Waals surface area contributed by atoms with Gasteiger partial charge in [-0.05, 0) is 30.2 Å². The van der Waals surface area contributed by atoms with Gasteiger partial charge in [0, 0.05) is 33.6 Å². The summed E-state index contributed by atoms with van der Waals surface area (Å²) in [5.41, 5.74) is 9.29. The summed E-state index contributed by atoms with van der Waals surface area (Å²) in [6.07, 6.45) is 0.340. The summed E-state index contributed by atoms with van der Waals surface area (Å²) in [4.78, 5) is 4.83. The van der Waals surface area contributed by atoms with Crippen LogP contribution >= 0.6 is 7.14 Å². The summed E-state index contributed by atoms with van der Waals surface area (Å²) in [5.74, 6) is 0. The van der Waals surface area contributed by atoms with Crippen LogP contribution < -0.4 is 10.6 Å². The Morgan fingerprint density at radius 3 is 1.62 bits per heavy atom. The zero-order valence-corrected chi connectivity index (χ0v) is 21.7. The topological polar surface area (TPSA) is 30.0 Å². The molecule has 0 aliphatic carbocycles. The molecule has 180 valence electrons. The number of pyridine rings is 1. The van der Waals surface area contributed by atoms with E-state index in [0.717, 1.165) is 44.3 Å². The monoisotopic (exact) mass is 497 g/mol. The van der Waals surface area contributed by atoms with Gasteiger partial charge < -0.3 is 4.57 Å². The molecule has 0 saturated heterocycles. The number of aryl methyl sites for hydroxylation is 1. The van der Waals surface area contributed by atoms with Crippen molar-refractivity contribution in [2.24, 2.45) is 0 Å². The third kappa shape index (κ3) is 5.63. The number of allylic oxidation sites excluding steroid dienone is 1. The van der Waals surface area contributed by atoms with Crippen molar-refractivity contribution >= 4 is 28.9 Å². The Bertz CT molecular complexity index is 1540. The molecule has 0 aliphatic rings. The van der Waals surface area contributed by atoms with Gasteiger partial charge in [0.25, 0.3) is 0 Å². The van der Waals surface area contributed by atoms with Gasteiger partial charge in [0.05, 0.1) is 5.69 Å². The van der Waals surface area contributed by atoms with Crippen LogP contribution in [0.4, 0.5) is 0 Å². The Morgan fingerprint density at radius 2 is 1.11 bits per heavy atom. The van der Waals surface area contributed by atoms with E-state index < -0.39 is 7.14 Å². The lowest BCUT2D eigenvalue weighted by Gasteiger charge is -2.21. The number of benzene rings is 4. The minimum Gasteiger partial charge on any atom is -0.313 e. The van der Waals surface area contributed by atoms with Crippen molar-refractivity contribution in [3.63, 3.8) is 0 Å². The van der Waals surface area contributed by atoms with Gasteiger partial charge in [-0.2, -0.15) is 0 Å². The third-order valence-corrected chi connectivity index (χ3v) is 9.36. The van der Waals surface area contributed by atoms with E-state index in [-0.39, 0.29) is 0 Å². The first kappa shape index (κ1) is 24.5. The number of aromatic nitrogens is 1. The molecule has 2 nitrogen and oxygen atoms in total. The van der Waals surface area contributed by atoms with Crippen molar-refractivity contribution in [3.8, 4) is 0 Å². The van der Waals surface area contributed by atoms with Gasteiger partial charge in [0.15, 0.2) is 0 Å². The largest absolute Gasteiger partial charge is 0.313 e. The fourth-order valence-corrected chi connectivity index (χ4v) is 7.13. The predicted molar refractivity (Wildman–Crippen MR) is 156 cm³/mol. The van der Waals surface area contributed by atoms with Crippen molar-refractivity contribution in [2.45, 2.75) is 6.92 Å². The van der Waals surface area contributed by atoms with Crippen LogP contribution in [0.15, 0.2) is 145 Å². The van der Waals surface area contributed by atoms with E-state index in [1.165, 1.54) is 0 Å². The molecule has 1 aromatic heterocycles. The van der Waals surface area contributed by atoms with Gasteiger partial charge in [-0.25, -0.2) is 0 Å². The summed E-state index contributed by atoms with van der Waals surface area (Å²) in [6.45, 7) is 1.99. The standard InChI is InChI=1S/C34H28NOP/c1-27-15-14-24-34(35-27)33(29-18-8-3-9-19-29)25-30(28-16-6-2-7-17-28)26-37(36,31-20-10-4-11-21-31)32-22-12-5-13-23-32/h2-24H,26H2,1H3. The first-order valence-electron chi connectivity index (χ1n) is 12.4. The van der Waals surface area contributed by atoms with Gasteiger partial charge in [-0.15, -0.1) is 5.73 Å². The zero-order valence-electron chi connectivity index (χ0n) is 20.8. The van der Waals surface area contributed by atoms with Crippen LogP contribution in [0.5, 0.6) is 0 Å². The smallest absolute Gasteiger partial charge is 0.148 e. The lowest BCUT2D eigenvalue weighted by atomic mass is 10.00. The Hall–Kier alpha value is -4.22. The van der Waals surface area contributed by atoms with Gasteiger partial charge >= 0.3 is 0 Å². The highest BCUT2D eigenvalue weighted by molar-refractivity contribution is 7.79. The average molecular weight is 498 g/mol. The maximum atomic E-state index is 15.0. The molecule has 0 fully saturated rings. The molecule has 3 heteroatoms. The zero-order chi connectivity index (χ0) is 25.5. The second-order valence-corrected chi connectivity index (χ2v) is 11.8. The molecule has 0 saturated carbocycles. The fourth-order valence-electron chi connectivity index (χ4n) is 4.46. The molecule has 4 aromatic carbocycles. The minimum atomic E-state index is -3.03. The average Bonchev–Trinajstić information content (AvgIpc) is 2.97. The Morgan fingerprint density at radius 1 is 0.622 bits per heavy atom. The van der Waals surface area contributed by atoms with Gasteiger partial charge in [0.1, 0.15) is 7.14 Å². The normalized spacial score (nSPS) is 10.9. The second kappa shape index (κ2) is 11.2. The van der Waals surface area contributed by atoms with E-state index in [1.54, 1.807) is 0 Å². The molecule has 0 radical (unpaired) electrons. The highest BCUT2D eigenvalue weighted by Crippen LogP contribution is 2.47. The van der Waals surface area contributed by atoms with Crippen LogP contribution in [0.25, 0.3) is 11.1 Å². The summed E-state index contributed by atoms with van der Waals surface area (Å²) < 4.78 is 15.0. The highest BCUT2D eigenvalue weighted by atomic mass is 31.2. The lowest BCUT2D eigenvalue weighted by molar-refractivity contribution is 0.589. The SMILES string of the molecule is Cc1cccc(C(=C=C(CP(=O)(c2ccccc2)c2ccccc2)c2ccccc2)c2ccccc2)n1. The predicted octanol–water partition coefficient (Wildman–Crippen LogP) is 7.52. The molecule has 0 amide bonds. The molecule has 37 heavy (non-hydrogen) atoms. The quantitative estimate of drug-likeness (QED) is 0.172. The molecular weight excluding hydrogens is 469 g/mol. The molecule has 0 atom stereocenters. The molecule has 0 bridgehead atoms. The van der Waals surface area contributed by atoms with Crippen LogP contribution in [0.3, 0.4) is 0 Å². The van der Waals surface area contributed by atoms with Crippen LogP contribution in [-0.2, 0) is 4.57 Å². The number of rotatable bonds is 7. The number of nitrogens with zero attached hydrogens (tertiary/aromatic N) is 1. The van der Waals surface area contributed by atoms with Crippen molar-refractivity contribution in [1.29, 1.82) is 0 Å². The minimum absolute atomic E-state index is 0.340. The van der Waals surface area contributed by atoms with E-state index in [0.29, 0.717) is 6.16 Å². The number of hydrogen-bond acceptors (Lipinski definition) is 2. The lowest BCUT2D eigenvalue weighted by Crippen LogP contribution is -2.19. The van der Waals surface area contributed by atoms with E-state index >= 15 is 4.57 Å². The summed E-state index contributed by atoms with van der Waals surface area (Å²) in [7, 11) is -3.03. The van der Waals surface area contributed by atoms with E-state index in [2.05, 4.69) is 30.0 Å². The highest BCUT2D eigenvalue weighted by Gasteiger charge is 2.29.